The molecule has 4 aliphatic heterocycles. The zero-order valence-corrected chi connectivity index (χ0v) is 38.4. The third-order valence-corrected chi connectivity index (χ3v) is 13.1. The molecule has 2 saturated heterocycles. The Morgan fingerprint density at radius 1 is 0.851 bits per heavy atom. The number of amides is 4. The Bertz CT molecular complexity index is 2370. The van der Waals surface area contributed by atoms with Gasteiger partial charge in [-0.3, -0.25) is 29.0 Å². The van der Waals surface area contributed by atoms with Gasteiger partial charge in [-0.1, -0.05) is 36.4 Å². The highest BCUT2D eigenvalue weighted by molar-refractivity contribution is 6.06. The van der Waals surface area contributed by atoms with E-state index in [0.29, 0.717) is 79.4 Å². The molecule has 0 aliphatic carbocycles. The van der Waals surface area contributed by atoms with Gasteiger partial charge in [0.05, 0.1) is 52.2 Å². The lowest BCUT2D eigenvalue weighted by atomic mass is 9.87. The number of nitrogens with one attached hydrogen (secondary N) is 1. The summed E-state index contributed by atoms with van der Waals surface area (Å²) in [6.07, 6.45) is 7.99. The molecule has 3 aromatic carbocycles. The van der Waals surface area contributed by atoms with Crippen LogP contribution in [0.5, 0.6) is 11.5 Å². The summed E-state index contributed by atoms with van der Waals surface area (Å²) in [5.41, 5.74) is 15.7. The van der Waals surface area contributed by atoms with Gasteiger partial charge in [0.25, 0.3) is 17.7 Å². The number of likely N-dealkylation sites (N-methyl/N-ethyl adjacent to an activating group) is 1. The fraction of sp³-hybridized carbons (Fsp3) is 0.460. The van der Waals surface area contributed by atoms with Gasteiger partial charge in [-0.2, -0.15) is 5.10 Å². The number of nitrogens with zero attached hydrogens (tertiary/aromatic N) is 6. The lowest BCUT2D eigenvalue weighted by Crippen LogP contribution is -2.55. The van der Waals surface area contributed by atoms with E-state index in [1.165, 1.54) is 9.80 Å². The molecular formula is C50H63N9O8. The maximum absolute atomic E-state index is 13.3. The first-order valence-electron chi connectivity index (χ1n) is 23.5. The van der Waals surface area contributed by atoms with Crippen molar-refractivity contribution in [2.24, 2.45) is 11.7 Å². The topological polar surface area (TPSA) is 200 Å². The van der Waals surface area contributed by atoms with Crippen molar-refractivity contribution in [1.82, 2.24) is 29.4 Å². The highest BCUT2D eigenvalue weighted by atomic mass is 16.5. The summed E-state index contributed by atoms with van der Waals surface area (Å²) in [5.74, 6) is 1.26. The zero-order chi connectivity index (χ0) is 46.7. The van der Waals surface area contributed by atoms with E-state index in [-0.39, 0.29) is 49.9 Å². The van der Waals surface area contributed by atoms with Crippen molar-refractivity contribution in [2.45, 2.75) is 50.7 Å². The smallest absolute Gasteiger partial charge is 0.255 e. The van der Waals surface area contributed by atoms with Crippen LogP contribution in [-0.4, -0.2) is 152 Å². The monoisotopic (exact) mass is 917 g/mol. The van der Waals surface area contributed by atoms with Crippen LogP contribution in [0.15, 0.2) is 84.9 Å². The maximum atomic E-state index is 13.3. The zero-order valence-electron chi connectivity index (χ0n) is 38.4. The predicted octanol–water partition coefficient (Wildman–Crippen LogP) is 4.80. The summed E-state index contributed by atoms with van der Waals surface area (Å²) < 4.78 is 25.1. The maximum Gasteiger partial charge on any atom is 0.255 e. The standard InChI is InChI=1S/C50H63N9O8/c1-55(26-28-64-30-32-66-33-31-65-29-27-57-44(60)17-16-43(50(57)63)58-34-40-39(49(58)62)10-7-11-41(40)51)22-5-6-23-56-24-19-35(20-25-56)42-18-21-53-48-45(47(52)61)46(54-59(42)48)36-12-14-38(15-13-36)67-37-8-3-2-4-9-37/h2-15,35,42-43,53H,16-34,51H2,1H3,(H2,52,61)/b6-5+/t42-,43?/m0/s1. The summed E-state index contributed by atoms with van der Waals surface area (Å²) in [4.78, 5) is 59.2. The fourth-order valence-corrected chi connectivity index (χ4v) is 9.46. The number of para-hydroxylation sites is 1. The summed E-state index contributed by atoms with van der Waals surface area (Å²) >= 11 is 0. The summed E-state index contributed by atoms with van der Waals surface area (Å²) in [6, 6.07) is 21.9. The number of primary amides is 1. The summed E-state index contributed by atoms with van der Waals surface area (Å²) in [7, 11) is 2.08. The normalized spacial score (nSPS) is 19.0. The number of anilines is 2. The molecule has 67 heavy (non-hydrogen) atoms. The molecule has 5 N–H and O–H groups in total. The van der Waals surface area contributed by atoms with Gasteiger partial charge in [0.2, 0.25) is 5.91 Å². The molecule has 4 aromatic rings. The van der Waals surface area contributed by atoms with Crippen molar-refractivity contribution in [3.8, 4) is 22.8 Å². The number of carbonyl (C=O) groups excluding carboxylic acids is 4. The van der Waals surface area contributed by atoms with Crippen LogP contribution in [0.4, 0.5) is 11.5 Å². The van der Waals surface area contributed by atoms with E-state index < -0.39 is 11.9 Å². The second-order valence-electron chi connectivity index (χ2n) is 17.6. The predicted molar refractivity (Wildman–Crippen MR) is 254 cm³/mol. The van der Waals surface area contributed by atoms with E-state index in [1.54, 1.807) is 18.2 Å². The molecule has 17 nitrogen and oxygen atoms in total. The van der Waals surface area contributed by atoms with Gasteiger partial charge in [-0.25, -0.2) is 4.68 Å². The van der Waals surface area contributed by atoms with Crippen molar-refractivity contribution in [2.75, 3.05) is 104 Å². The highest BCUT2D eigenvalue weighted by Gasteiger charge is 2.43. The number of carbonyl (C=O) groups is 4. The number of aromatic nitrogens is 2. The second kappa shape index (κ2) is 22.6. The van der Waals surface area contributed by atoms with Crippen LogP contribution in [0, 0.1) is 5.92 Å². The number of hydrogen-bond donors (Lipinski definition) is 3. The molecule has 1 unspecified atom stereocenters. The van der Waals surface area contributed by atoms with Crippen LogP contribution >= 0.6 is 0 Å². The number of likely N-dealkylation sites (tertiary alicyclic amines) is 2. The number of imide groups is 1. The van der Waals surface area contributed by atoms with Crippen LogP contribution in [0.3, 0.4) is 0 Å². The van der Waals surface area contributed by atoms with Gasteiger partial charge < -0.3 is 45.5 Å². The van der Waals surface area contributed by atoms with E-state index in [0.717, 1.165) is 75.4 Å². The molecule has 2 fully saturated rings. The van der Waals surface area contributed by atoms with Crippen molar-refractivity contribution in [3.63, 3.8) is 0 Å². The number of fused-ring (bicyclic) bond motifs is 2. The third-order valence-electron chi connectivity index (χ3n) is 13.1. The molecule has 0 radical (unpaired) electrons. The Kier molecular flexibility index (Phi) is 16.0. The van der Waals surface area contributed by atoms with Crippen molar-refractivity contribution >= 4 is 35.1 Å². The molecule has 0 bridgehead atoms. The lowest BCUT2D eigenvalue weighted by Gasteiger charge is -2.38. The van der Waals surface area contributed by atoms with E-state index in [4.69, 9.17) is 35.5 Å². The Hall–Kier alpha value is -6.11. The third kappa shape index (κ3) is 11.5. The van der Waals surface area contributed by atoms with Crippen molar-refractivity contribution in [1.29, 1.82) is 0 Å². The summed E-state index contributed by atoms with van der Waals surface area (Å²) in [5, 5.41) is 8.46. The number of piperidine rings is 2. The fourth-order valence-electron chi connectivity index (χ4n) is 9.46. The Balaban J connectivity index is 0.669. The molecule has 0 spiro atoms. The largest absolute Gasteiger partial charge is 0.457 e. The van der Waals surface area contributed by atoms with E-state index >= 15 is 0 Å². The van der Waals surface area contributed by atoms with Gasteiger partial charge in [-0.05, 0) is 100 Å². The molecule has 2 atom stereocenters. The molecule has 4 aliphatic rings. The number of ether oxygens (including phenoxy) is 4. The average molecular weight is 918 g/mol. The Morgan fingerprint density at radius 3 is 2.30 bits per heavy atom. The number of nitrogens with two attached hydrogens (primary N) is 2. The van der Waals surface area contributed by atoms with E-state index in [2.05, 4.69) is 34.3 Å². The number of benzene rings is 3. The molecule has 1 aromatic heterocycles. The minimum absolute atomic E-state index is 0.122. The molecule has 5 heterocycles. The van der Waals surface area contributed by atoms with Gasteiger partial charge in [-0.15, -0.1) is 0 Å². The Morgan fingerprint density at radius 2 is 1.57 bits per heavy atom. The lowest BCUT2D eigenvalue weighted by molar-refractivity contribution is -0.153. The number of hydrogen-bond acceptors (Lipinski definition) is 13. The molecule has 0 saturated carbocycles. The minimum Gasteiger partial charge on any atom is -0.457 e. The van der Waals surface area contributed by atoms with E-state index in [9.17, 15) is 19.2 Å². The molecule has 356 valence electrons. The van der Waals surface area contributed by atoms with Crippen molar-refractivity contribution < 1.29 is 38.1 Å². The Labute approximate surface area is 391 Å². The molecular weight excluding hydrogens is 855 g/mol. The van der Waals surface area contributed by atoms with Gasteiger partial charge in [0.15, 0.2) is 0 Å². The highest BCUT2D eigenvalue weighted by Crippen LogP contribution is 2.40. The molecule has 8 rings (SSSR count). The van der Waals surface area contributed by atoms with Gasteiger partial charge >= 0.3 is 0 Å². The van der Waals surface area contributed by atoms with Crippen LogP contribution in [0.2, 0.25) is 0 Å². The van der Waals surface area contributed by atoms with Gasteiger partial charge in [0, 0.05) is 61.5 Å². The summed E-state index contributed by atoms with van der Waals surface area (Å²) in [6.45, 7) is 8.03. The SMILES string of the molecule is CN(C/C=C/CN1CCC([C@@H]2CCNc3c(C(N)=O)c(-c4ccc(Oc5ccccc5)cc4)nn32)CC1)CCOCCOCCOCCN1C(=O)CCC(N2Cc3c(N)cccc3C2=O)C1=O. The average Bonchev–Trinajstić information content (AvgIpc) is 3.90. The molecule has 4 amide bonds. The van der Waals surface area contributed by atoms with Gasteiger partial charge in [0.1, 0.15) is 34.6 Å². The number of nitrogen functional groups attached to an aromatic ring is 1. The minimum atomic E-state index is -0.701. The van der Waals surface area contributed by atoms with Crippen LogP contribution in [0.1, 0.15) is 64.4 Å². The first-order valence-corrected chi connectivity index (χ1v) is 23.5. The van der Waals surface area contributed by atoms with Crippen LogP contribution < -0.4 is 21.5 Å². The quantitative estimate of drug-likeness (QED) is 0.0421. The van der Waals surface area contributed by atoms with Crippen molar-refractivity contribution in [3.05, 3.63) is 102 Å². The molecule has 17 heteroatoms. The van der Waals surface area contributed by atoms with E-state index in [1.807, 2.05) is 59.3 Å². The first-order chi connectivity index (χ1) is 32.7. The van der Waals surface area contributed by atoms with Crippen LogP contribution in [0.25, 0.3) is 11.3 Å². The first kappa shape index (κ1) is 47.4. The van der Waals surface area contributed by atoms with Crippen LogP contribution in [-0.2, 0) is 30.3 Å². The second-order valence-corrected chi connectivity index (χ2v) is 17.6. The number of rotatable bonds is 22.